The van der Waals surface area contributed by atoms with Crippen LogP contribution in [0.15, 0.2) is 12.1 Å². The molecule has 0 aliphatic rings. The predicted molar refractivity (Wildman–Crippen MR) is 83.0 cm³/mol. The molecule has 1 atom stereocenters. The van der Waals surface area contributed by atoms with Crippen molar-refractivity contribution in [3.8, 4) is 5.75 Å². The molecular formula is C17H29NO. The number of rotatable bonds is 5. The summed E-state index contributed by atoms with van der Waals surface area (Å²) in [6.07, 6.45) is 3.14. The standard InChI is InChI=1S/C17H29NO/c1-7-14(18)9-8-13-11-15(17(3,4)5)16(19-6)10-12(13)2/h10-11,14H,7-9,18H2,1-6H3. The Kier molecular flexibility index (Phi) is 5.42. The van der Waals surface area contributed by atoms with Gasteiger partial charge in [0.15, 0.2) is 0 Å². The summed E-state index contributed by atoms with van der Waals surface area (Å²) in [5.41, 5.74) is 10.1. The van der Waals surface area contributed by atoms with Crippen molar-refractivity contribution in [1.82, 2.24) is 0 Å². The number of hydrogen-bond donors (Lipinski definition) is 1. The zero-order valence-corrected chi connectivity index (χ0v) is 13.3. The van der Waals surface area contributed by atoms with Crippen molar-refractivity contribution in [2.45, 2.75) is 65.3 Å². The number of ether oxygens (including phenoxy) is 1. The Morgan fingerprint density at radius 2 is 1.89 bits per heavy atom. The van der Waals surface area contributed by atoms with Crippen LogP contribution in [0, 0.1) is 6.92 Å². The largest absolute Gasteiger partial charge is 0.496 e. The molecule has 2 N–H and O–H groups in total. The van der Waals surface area contributed by atoms with Gasteiger partial charge in [-0.25, -0.2) is 0 Å². The first-order valence-electron chi connectivity index (χ1n) is 7.23. The summed E-state index contributed by atoms with van der Waals surface area (Å²) in [5.74, 6) is 0.994. The molecule has 0 saturated carbocycles. The van der Waals surface area contributed by atoms with Gasteiger partial charge in [-0.2, -0.15) is 0 Å². The zero-order valence-electron chi connectivity index (χ0n) is 13.3. The Morgan fingerprint density at radius 1 is 1.26 bits per heavy atom. The number of benzene rings is 1. The van der Waals surface area contributed by atoms with E-state index in [1.54, 1.807) is 7.11 Å². The number of nitrogens with two attached hydrogens (primary N) is 1. The van der Waals surface area contributed by atoms with Gasteiger partial charge in [-0.05, 0) is 54.4 Å². The minimum atomic E-state index is 0.0979. The lowest BCUT2D eigenvalue weighted by Crippen LogP contribution is -2.19. The highest BCUT2D eigenvalue weighted by Crippen LogP contribution is 2.34. The normalized spacial score (nSPS) is 13.4. The Labute approximate surface area is 118 Å². The van der Waals surface area contributed by atoms with Crippen molar-refractivity contribution in [3.05, 3.63) is 28.8 Å². The Balaban J connectivity index is 3.06. The van der Waals surface area contributed by atoms with Crippen molar-refractivity contribution in [3.63, 3.8) is 0 Å². The van der Waals surface area contributed by atoms with Gasteiger partial charge in [0.2, 0.25) is 0 Å². The van der Waals surface area contributed by atoms with Crippen LogP contribution in [-0.2, 0) is 11.8 Å². The fourth-order valence-corrected chi connectivity index (χ4v) is 2.30. The van der Waals surface area contributed by atoms with E-state index in [2.05, 4.69) is 46.8 Å². The zero-order chi connectivity index (χ0) is 14.6. The second kappa shape index (κ2) is 6.42. The van der Waals surface area contributed by atoms with E-state index in [1.807, 2.05) is 0 Å². The van der Waals surface area contributed by atoms with Gasteiger partial charge in [0, 0.05) is 6.04 Å². The highest BCUT2D eigenvalue weighted by Gasteiger charge is 2.20. The lowest BCUT2D eigenvalue weighted by Gasteiger charge is -2.24. The van der Waals surface area contributed by atoms with E-state index in [9.17, 15) is 0 Å². The lowest BCUT2D eigenvalue weighted by molar-refractivity contribution is 0.397. The molecule has 2 nitrogen and oxygen atoms in total. The molecule has 1 unspecified atom stereocenters. The fourth-order valence-electron chi connectivity index (χ4n) is 2.30. The van der Waals surface area contributed by atoms with E-state index in [4.69, 9.17) is 10.5 Å². The Hall–Kier alpha value is -1.02. The summed E-state index contributed by atoms with van der Waals surface area (Å²) in [4.78, 5) is 0. The van der Waals surface area contributed by atoms with Gasteiger partial charge in [-0.15, -0.1) is 0 Å². The van der Waals surface area contributed by atoms with Crippen LogP contribution in [0.1, 0.15) is 57.2 Å². The van der Waals surface area contributed by atoms with Crippen molar-refractivity contribution in [1.29, 1.82) is 0 Å². The van der Waals surface area contributed by atoms with Gasteiger partial charge in [-0.1, -0.05) is 33.8 Å². The first-order chi connectivity index (χ1) is 8.79. The predicted octanol–water partition coefficient (Wildman–Crippen LogP) is 3.97. The average Bonchev–Trinajstić information content (AvgIpc) is 2.34. The molecule has 0 aliphatic carbocycles. The molecule has 108 valence electrons. The molecule has 0 fully saturated rings. The third-order valence-corrected chi connectivity index (χ3v) is 3.77. The van der Waals surface area contributed by atoms with Crippen molar-refractivity contribution in [2.24, 2.45) is 5.73 Å². The van der Waals surface area contributed by atoms with Gasteiger partial charge in [-0.3, -0.25) is 0 Å². The van der Waals surface area contributed by atoms with Crippen LogP contribution in [0.5, 0.6) is 5.75 Å². The van der Waals surface area contributed by atoms with Crippen molar-refractivity contribution >= 4 is 0 Å². The van der Waals surface area contributed by atoms with E-state index in [0.29, 0.717) is 6.04 Å². The van der Waals surface area contributed by atoms with Crippen molar-refractivity contribution in [2.75, 3.05) is 7.11 Å². The molecule has 0 radical (unpaired) electrons. The van der Waals surface area contributed by atoms with Gasteiger partial charge in [0.05, 0.1) is 7.11 Å². The van der Waals surface area contributed by atoms with Crippen LogP contribution in [0.25, 0.3) is 0 Å². The molecule has 0 bridgehead atoms. The maximum atomic E-state index is 6.03. The van der Waals surface area contributed by atoms with Crippen LogP contribution >= 0.6 is 0 Å². The van der Waals surface area contributed by atoms with Gasteiger partial charge in [0.25, 0.3) is 0 Å². The van der Waals surface area contributed by atoms with Crippen LogP contribution in [-0.4, -0.2) is 13.2 Å². The SMILES string of the molecule is CCC(N)CCc1cc(C(C)(C)C)c(OC)cc1C. The minimum Gasteiger partial charge on any atom is -0.496 e. The third-order valence-electron chi connectivity index (χ3n) is 3.77. The lowest BCUT2D eigenvalue weighted by atomic mass is 9.83. The highest BCUT2D eigenvalue weighted by molar-refractivity contribution is 5.45. The number of methoxy groups -OCH3 is 1. The summed E-state index contributed by atoms with van der Waals surface area (Å²) < 4.78 is 5.53. The Bertz CT molecular complexity index is 418. The number of hydrogen-bond acceptors (Lipinski definition) is 2. The topological polar surface area (TPSA) is 35.2 Å². The van der Waals surface area contributed by atoms with Crippen LogP contribution < -0.4 is 10.5 Å². The number of aryl methyl sites for hydroxylation is 2. The van der Waals surface area contributed by atoms with Gasteiger partial charge in [0.1, 0.15) is 5.75 Å². The van der Waals surface area contributed by atoms with Crippen molar-refractivity contribution < 1.29 is 4.74 Å². The molecule has 2 heteroatoms. The molecule has 0 amide bonds. The van der Waals surface area contributed by atoms with Crippen LogP contribution in [0.4, 0.5) is 0 Å². The quantitative estimate of drug-likeness (QED) is 0.872. The van der Waals surface area contributed by atoms with E-state index < -0.39 is 0 Å². The second-order valence-electron chi connectivity index (χ2n) is 6.44. The maximum Gasteiger partial charge on any atom is 0.122 e. The van der Waals surface area contributed by atoms with E-state index in [0.717, 1.165) is 25.0 Å². The Morgan fingerprint density at radius 3 is 2.37 bits per heavy atom. The van der Waals surface area contributed by atoms with Gasteiger partial charge >= 0.3 is 0 Å². The van der Waals surface area contributed by atoms with Gasteiger partial charge < -0.3 is 10.5 Å². The molecule has 0 aromatic heterocycles. The first kappa shape index (κ1) is 16.0. The molecule has 1 aromatic carbocycles. The molecule has 0 aliphatic heterocycles. The molecule has 0 heterocycles. The van der Waals surface area contributed by atoms with Crippen LogP contribution in [0.3, 0.4) is 0 Å². The third kappa shape index (κ3) is 4.24. The summed E-state index contributed by atoms with van der Waals surface area (Å²) in [6, 6.07) is 4.77. The van der Waals surface area contributed by atoms with E-state index in [-0.39, 0.29) is 5.41 Å². The molecule has 1 rings (SSSR count). The summed E-state index contributed by atoms with van der Waals surface area (Å²) in [5, 5.41) is 0. The van der Waals surface area contributed by atoms with E-state index >= 15 is 0 Å². The minimum absolute atomic E-state index is 0.0979. The summed E-state index contributed by atoms with van der Waals surface area (Å²) >= 11 is 0. The highest BCUT2D eigenvalue weighted by atomic mass is 16.5. The second-order valence-corrected chi connectivity index (χ2v) is 6.44. The first-order valence-corrected chi connectivity index (χ1v) is 7.23. The average molecular weight is 263 g/mol. The molecule has 1 aromatic rings. The molecule has 0 spiro atoms. The fraction of sp³-hybridized carbons (Fsp3) is 0.647. The molecular weight excluding hydrogens is 234 g/mol. The van der Waals surface area contributed by atoms with Crippen LogP contribution in [0.2, 0.25) is 0 Å². The summed E-state index contributed by atoms with van der Waals surface area (Å²) in [7, 11) is 1.75. The summed E-state index contributed by atoms with van der Waals surface area (Å²) in [6.45, 7) is 11.0. The monoisotopic (exact) mass is 263 g/mol. The smallest absolute Gasteiger partial charge is 0.122 e. The molecule has 0 saturated heterocycles. The maximum absolute atomic E-state index is 6.03. The molecule has 19 heavy (non-hydrogen) atoms. The van der Waals surface area contributed by atoms with E-state index in [1.165, 1.54) is 16.7 Å².